The van der Waals surface area contributed by atoms with Gasteiger partial charge < -0.3 is 10.4 Å². The van der Waals surface area contributed by atoms with Crippen molar-refractivity contribution in [3.8, 4) is 5.75 Å². The number of hydrogen-bond donors (Lipinski definition) is 2. The quantitative estimate of drug-likeness (QED) is 0.813. The zero-order valence-corrected chi connectivity index (χ0v) is 12.0. The van der Waals surface area contributed by atoms with Gasteiger partial charge in [-0.1, -0.05) is 19.9 Å². The monoisotopic (exact) mass is 278 g/mol. The first-order valence-electron chi connectivity index (χ1n) is 6.39. The molecule has 0 saturated heterocycles. The normalized spacial score (nSPS) is 11.7. The third kappa shape index (κ3) is 3.51. The van der Waals surface area contributed by atoms with Crippen LogP contribution in [0.2, 0.25) is 0 Å². The van der Waals surface area contributed by atoms with Gasteiger partial charge in [-0.05, 0) is 35.4 Å². The molecule has 2 N–H and O–H groups in total. The van der Waals surface area contributed by atoms with E-state index in [1.165, 1.54) is 0 Å². The van der Waals surface area contributed by atoms with Crippen LogP contribution in [0.1, 0.15) is 20.3 Å². The molecule has 0 unspecified atom stereocenters. The zero-order chi connectivity index (χ0) is 13.9. The molecule has 1 aromatic heterocycles. The Bertz CT molecular complexity index is 569. The minimum Gasteiger partial charge on any atom is -0.508 e. The molecule has 0 aliphatic rings. The molecule has 0 aliphatic carbocycles. The topological polar surface area (TPSA) is 45.2 Å². The fraction of sp³-hybridized carbons (Fsp3) is 0.400. The maximum atomic E-state index is 9.59. The van der Waals surface area contributed by atoms with Gasteiger partial charge >= 0.3 is 0 Å². The van der Waals surface area contributed by atoms with Crippen molar-refractivity contribution in [2.24, 2.45) is 5.41 Å². The van der Waals surface area contributed by atoms with E-state index in [0.29, 0.717) is 5.88 Å². The Morgan fingerprint density at radius 1 is 1.32 bits per heavy atom. The Balaban J connectivity index is 2.23. The highest BCUT2D eigenvalue weighted by atomic mass is 35.5. The number of nitrogens with zero attached hydrogens (tertiary/aromatic N) is 1. The first kappa shape index (κ1) is 13.9. The second kappa shape index (κ2) is 5.66. The predicted octanol–water partition coefficient (Wildman–Crippen LogP) is 4.01. The van der Waals surface area contributed by atoms with Crippen LogP contribution in [0.15, 0.2) is 30.5 Å². The van der Waals surface area contributed by atoms with Crippen LogP contribution in [-0.2, 0) is 0 Å². The number of anilines is 1. The van der Waals surface area contributed by atoms with Crippen molar-refractivity contribution in [1.29, 1.82) is 0 Å². The summed E-state index contributed by atoms with van der Waals surface area (Å²) in [6, 6.07) is 7.24. The molecule has 2 rings (SSSR count). The molecule has 0 saturated carbocycles. The summed E-state index contributed by atoms with van der Waals surface area (Å²) < 4.78 is 0. The van der Waals surface area contributed by atoms with Crippen LogP contribution in [0.25, 0.3) is 10.8 Å². The van der Waals surface area contributed by atoms with Crippen molar-refractivity contribution in [3.63, 3.8) is 0 Å². The summed E-state index contributed by atoms with van der Waals surface area (Å²) in [5.41, 5.74) is 0.114. The Hall–Kier alpha value is -1.48. The van der Waals surface area contributed by atoms with Gasteiger partial charge in [0.1, 0.15) is 11.6 Å². The van der Waals surface area contributed by atoms with Gasteiger partial charge in [0.2, 0.25) is 0 Å². The lowest BCUT2D eigenvalue weighted by atomic mass is 9.90. The minimum atomic E-state index is 0.114. The highest BCUT2D eigenvalue weighted by Gasteiger charge is 2.17. The van der Waals surface area contributed by atoms with Crippen molar-refractivity contribution in [3.05, 3.63) is 30.5 Å². The number of hydrogen-bond acceptors (Lipinski definition) is 3. The molecule has 2 aromatic rings. The van der Waals surface area contributed by atoms with Crippen molar-refractivity contribution in [2.75, 3.05) is 17.7 Å². The van der Waals surface area contributed by atoms with Gasteiger partial charge in [-0.3, -0.25) is 0 Å². The molecule has 0 fully saturated rings. The number of fused-ring (bicyclic) bond motifs is 1. The summed E-state index contributed by atoms with van der Waals surface area (Å²) in [7, 11) is 0. The van der Waals surface area contributed by atoms with Crippen molar-refractivity contribution in [2.45, 2.75) is 20.3 Å². The smallest absolute Gasteiger partial charge is 0.133 e. The number of pyridine rings is 1. The average Bonchev–Trinajstić information content (AvgIpc) is 2.36. The first-order chi connectivity index (χ1) is 9.02. The van der Waals surface area contributed by atoms with Gasteiger partial charge in [0, 0.05) is 24.0 Å². The Kier molecular flexibility index (Phi) is 4.15. The fourth-order valence-corrected chi connectivity index (χ4v) is 2.48. The fourth-order valence-electron chi connectivity index (χ4n) is 1.96. The molecule has 19 heavy (non-hydrogen) atoms. The van der Waals surface area contributed by atoms with E-state index >= 15 is 0 Å². The molecule has 0 spiro atoms. The summed E-state index contributed by atoms with van der Waals surface area (Å²) >= 11 is 5.81. The van der Waals surface area contributed by atoms with Gasteiger partial charge in [-0.25, -0.2) is 4.98 Å². The van der Waals surface area contributed by atoms with Gasteiger partial charge in [-0.2, -0.15) is 0 Å². The molecule has 0 aliphatic heterocycles. The van der Waals surface area contributed by atoms with Gasteiger partial charge in [0.25, 0.3) is 0 Å². The van der Waals surface area contributed by atoms with Crippen LogP contribution in [0.3, 0.4) is 0 Å². The summed E-state index contributed by atoms with van der Waals surface area (Å²) in [6.45, 7) is 5.14. The van der Waals surface area contributed by atoms with E-state index in [1.807, 2.05) is 12.1 Å². The second-order valence-electron chi connectivity index (χ2n) is 5.52. The average molecular weight is 279 g/mol. The molecule has 0 atom stereocenters. The number of phenolic OH excluding ortho intramolecular Hbond substituents is 1. The largest absolute Gasteiger partial charge is 0.508 e. The van der Waals surface area contributed by atoms with Crippen LogP contribution in [-0.4, -0.2) is 22.5 Å². The highest BCUT2D eigenvalue weighted by molar-refractivity contribution is 6.17. The standard InChI is InChI=1S/C15H19ClN2O/c1-15(2,6-7-16)10-18-14-13-9-12(19)4-3-11(13)5-8-17-14/h3-5,8-9,19H,6-7,10H2,1-2H3,(H,17,18). The van der Waals surface area contributed by atoms with Crippen molar-refractivity contribution >= 4 is 28.2 Å². The van der Waals surface area contributed by atoms with Gasteiger partial charge in [0.05, 0.1) is 0 Å². The maximum absolute atomic E-state index is 9.59. The molecule has 4 heteroatoms. The third-order valence-electron chi connectivity index (χ3n) is 3.26. The van der Waals surface area contributed by atoms with Crippen LogP contribution in [0.4, 0.5) is 5.82 Å². The summed E-state index contributed by atoms with van der Waals surface area (Å²) in [5.74, 6) is 1.71. The Labute approximate surface area is 118 Å². The highest BCUT2D eigenvalue weighted by Crippen LogP contribution is 2.27. The molecule has 0 bridgehead atoms. The van der Waals surface area contributed by atoms with E-state index in [4.69, 9.17) is 11.6 Å². The molecular formula is C15H19ClN2O. The van der Waals surface area contributed by atoms with Gasteiger partial charge in [0.15, 0.2) is 0 Å². The molecule has 3 nitrogen and oxygen atoms in total. The lowest BCUT2D eigenvalue weighted by Crippen LogP contribution is -2.24. The number of aromatic nitrogens is 1. The van der Waals surface area contributed by atoms with E-state index in [1.54, 1.807) is 18.3 Å². The number of rotatable bonds is 5. The van der Waals surface area contributed by atoms with Crippen LogP contribution < -0.4 is 5.32 Å². The third-order valence-corrected chi connectivity index (χ3v) is 3.44. The summed E-state index contributed by atoms with van der Waals surface area (Å²) in [4.78, 5) is 4.36. The lowest BCUT2D eigenvalue weighted by Gasteiger charge is -2.24. The minimum absolute atomic E-state index is 0.114. The van der Waals surface area contributed by atoms with Crippen LogP contribution >= 0.6 is 11.6 Å². The Morgan fingerprint density at radius 2 is 2.11 bits per heavy atom. The SMILES string of the molecule is CC(C)(CCCl)CNc1nccc2ccc(O)cc12. The van der Waals surface area contributed by atoms with Gasteiger partial charge in [-0.15, -0.1) is 11.6 Å². The van der Waals surface area contributed by atoms with E-state index < -0.39 is 0 Å². The van der Waals surface area contributed by atoms with E-state index in [9.17, 15) is 5.11 Å². The number of aromatic hydroxyl groups is 1. The first-order valence-corrected chi connectivity index (χ1v) is 6.93. The summed E-state index contributed by atoms with van der Waals surface area (Å²) in [6.07, 6.45) is 2.72. The van der Waals surface area contributed by atoms with Crippen molar-refractivity contribution < 1.29 is 5.11 Å². The number of alkyl halides is 1. The number of nitrogens with one attached hydrogen (secondary N) is 1. The summed E-state index contributed by atoms with van der Waals surface area (Å²) in [5, 5.41) is 14.9. The zero-order valence-electron chi connectivity index (χ0n) is 11.3. The molecule has 0 radical (unpaired) electrons. The molecule has 1 aromatic carbocycles. The molecule has 1 heterocycles. The number of benzene rings is 1. The predicted molar refractivity (Wildman–Crippen MR) is 81.0 cm³/mol. The number of halogens is 1. The molecule has 0 amide bonds. The lowest BCUT2D eigenvalue weighted by molar-refractivity contribution is 0.379. The number of phenols is 1. The van der Waals surface area contributed by atoms with Crippen LogP contribution in [0, 0.1) is 5.41 Å². The van der Waals surface area contributed by atoms with Crippen LogP contribution in [0.5, 0.6) is 5.75 Å². The van der Waals surface area contributed by atoms with E-state index in [0.717, 1.165) is 29.6 Å². The Morgan fingerprint density at radius 3 is 2.84 bits per heavy atom. The van der Waals surface area contributed by atoms with E-state index in [2.05, 4.69) is 24.1 Å². The molecule has 102 valence electrons. The second-order valence-corrected chi connectivity index (χ2v) is 5.90. The van der Waals surface area contributed by atoms with Crippen molar-refractivity contribution in [1.82, 2.24) is 4.98 Å². The van der Waals surface area contributed by atoms with E-state index in [-0.39, 0.29) is 11.2 Å². The maximum Gasteiger partial charge on any atom is 0.133 e. The molecular weight excluding hydrogens is 260 g/mol.